The van der Waals surface area contributed by atoms with Crippen LogP contribution in [0.25, 0.3) is 5.57 Å². The SMILES string of the molecule is N#Cc1cccnc1C1=CC2CCCC(C1)N2C(=O)OCc1ccccc1. The standard InChI is InChI=1S/C22H21N3O2/c23-14-17-8-5-11-24-21(17)18-12-19-9-4-10-20(13-18)25(19)22(26)27-15-16-6-2-1-3-7-16/h1-3,5-8,11-12,19-20H,4,9-10,13,15H2. The van der Waals surface area contributed by atoms with Gasteiger partial charge in [0, 0.05) is 12.2 Å². The van der Waals surface area contributed by atoms with Crippen LogP contribution in [0.4, 0.5) is 4.79 Å². The van der Waals surface area contributed by atoms with Crippen LogP contribution in [0.5, 0.6) is 0 Å². The van der Waals surface area contributed by atoms with Gasteiger partial charge in [0.25, 0.3) is 0 Å². The number of carbonyl (C=O) groups excluding carboxylic acids is 1. The lowest BCUT2D eigenvalue weighted by Gasteiger charge is -2.44. The molecule has 0 spiro atoms. The minimum absolute atomic E-state index is 0.00400. The molecule has 0 N–H and O–H groups in total. The van der Waals surface area contributed by atoms with E-state index in [-0.39, 0.29) is 24.8 Å². The van der Waals surface area contributed by atoms with Gasteiger partial charge in [0.2, 0.25) is 0 Å². The molecule has 136 valence electrons. The number of hydrogen-bond acceptors (Lipinski definition) is 4. The third-order valence-electron chi connectivity index (χ3n) is 5.29. The Hall–Kier alpha value is -3.13. The summed E-state index contributed by atoms with van der Waals surface area (Å²) in [5.41, 5.74) is 3.38. The van der Waals surface area contributed by atoms with Crippen LogP contribution >= 0.6 is 0 Å². The quantitative estimate of drug-likeness (QED) is 0.819. The molecular formula is C22H21N3O2. The average Bonchev–Trinajstić information content (AvgIpc) is 2.71. The Labute approximate surface area is 158 Å². The van der Waals surface area contributed by atoms with Crippen LogP contribution in [0.2, 0.25) is 0 Å². The van der Waals surface area contributed by atoms with Gasteiger partial charge < -0.3 is 4.74 Å². The lowest BCUT2D eigenvalue weighted by atomic mass is 9.83. The van der Waals surface area contributed by atoms with Gasteiger partial charge in [-0.05, 0) is 49.0 Å². The Morgan fingerprint density at radius 1 is 1.22 bits per heavy atom. The number of benzene rings is 1. The number of pyridine rings is 1. The molecule has 2 bridgehead atoms. The van der Waals surface area contributed by atoms with Gasteiger partial charge >= 0.3 is 6.09 Å². The predicted octanol–water partition coefficient (Wildman–Crippen LogP) is 4.30. The fraction of sp³-hybridized carbons (Fsp3) is 0.318. The molecule has 27 heavy (non-hydrogen) atoms. The van der Waals surface area contributed by atoms with Crippen molar-refractivity contribution in [2.45, 2.75) is 44.4 Å². The lowest BCUT2D eigenvalue weighted by molar-refractivity contribution is 0.0510. The zero-order chi connectivity index (χ0) is 18.6. The minimum atomic E-state index is -0.259. The number of amides is 1. The Bertz CT molecular complexity index is 901. The summed E-state index contributed by atoms with van der Waals surface area (Å²) in [5.74, 6) is 0. The van der Waals surface area contributed by atoms with Crippen molar-refractivity contribution < 1.29 is 9.53 Å². The minimum Gasteiger partial charge on any atom is -0.445 e. The second-order valence-electron chi connectivity index (χ2n) is 7.01. The van der Waals surface area contributed by atoms with Crippen molar-refractivity contribution in [3.63, 3.8) is 0 Å². The van der Waals surface area contributed by atoms with Crippen molar-refractivity contribution in [3.05, 3.63) is 71.6 Å². The van der Waals surface area contributed by atoms with E-state index in [1.54, 1.807) is 18.3 Å². The molecule has 5 nitrogen and oxygen atoms in total. The number of nitrogens with zero attached hydrogens (tertiary/aromatic N) is 3. The Balaban J connectivity index is 1.53. The molecule has 2 aliphatic rings. The molecule has 1 saturated heterocycles. The van der Waals surface area contributed by atoms with Crippen LogP contribution in [0.1, 0.15) is 42.5 Å². The third-order valence-corrected chi connectivity index (χ3v) is 5.29. The third kappa shape index (κ3) is 3.56. The Morgan fingerprint density at radius 3 is 2.85 bits per heavy atom. The summed E-state index contributed by atoms with van der Waals surface area (Å²) in [7, 11) is 0. The first-order valence-corrected chi connectivity index (χ1v) is 9.31. The van der Waals surface area contributed by atoms with Gasteiger partial charge in [-0.1, -0.05) is 36.4 Å². The van der Waals surface area contributed by atoms with Gasteiger partial charge in [0.1, 0.15) is 12.7 Å². The Kier molecular flexibility index (Phi) is 4.88. The van der Waals surface area contributed by atoms with Crippen molar-refractivity contribution >= 4 is 11.7 Å². The maximum atomic E-state index is 12.8. The smallest absolute Gasteiger partial charge is 0.410 e. The number of hydrogen-bond donors (Lipinski definition) is 0. The zero-order valence-corrected chi connectivity index (χ0v) is 15.0. The van der Waals surface area contributed by atoms with Crippen molar-refractivity contribution in [1.29, 1.82) is 5.26 Å². The molecule has 0 saturated carbocycles. The van der Waals surface area contributed by atoms with E-state index >= 15 is 0 Å². The number of ether oxygens (including phenoxy) is 1. The van der Waals surface area contributed by atoms with Gasteiger partial charge in [0.15, 0.2) is 0 Å². The van der Waals surface area contributed by atoms with Gasteiger partial charge in [0.05, 0.1) is 17.3 Å². The molecule has 3 heterocycles. The van der Waals surface area contributed by atoms with Crippen molar-refractivity contribution in [2.75, 3.05) is 0 Å². The number of nitriles is 1. The molecule has 4 rings (SSSR count). The predicted molar refractivity (Wildman–Crippen MR) is 101 cm³/mol. The maximum Gasteiger partial charge on any atom is 0.410 e. The van der Waals surface area contributed by atoms with E-state index < -0.39 is 0 Å². The van der Waals surface area contributed by atoms with Crippen molar-refractivity contribution in [3.8, 4) is 6.07 Å². The van der Waals surface area contributed by atoms with Gasteiger partial charge in [-0.15, -0.1) is 0 Å². The highest BCUT2D eigenvalue weighted by Gasteiger charge is 2.38. The number of carbonyl (C=O) groups is 1. The fourth-order valence-corrected chi connectivity index (χ4v) is 4.04. The molecule has 1 amide bonds. The molecule has 2 atom stereocenters. The summed E-state index contributed by atoms with van der Waals surface area (Å²) in [6.45, 7) is 0.283. The molecule has 0 radical (unpaired) electrons. The first kappa shape index (κ1) is 17.3. The number of aromatic nitrogens is 1. The summed E-state index contributed by atoms with van der Waals surface area (Å²) in [6, 6.07) is 15.6. The molecule has 0 aliphatic carbocycles. The van der Waals surface area contributed by atoms with Crippen molar-refractivity contribution in [1.82, 2.24) is 9.88 Å². The van der Waals surface area contributed by atoms with Gasteiger partial charge in [-0.2, -0.15) is 5.26 Å². The molecule has 2 aliphatic heterocycles. The highest BCUT2D eigenvalue weighted by Crippen LogP contribution is 2.37. The number of fused-ring (bicyclic) bond motifs is 2. The molecule has 2 aromatic rings. The summed E-state index contributed by atoms with van der Waals surface area (Å²) in [6.07, 6.45) is 7.22. The Morgan fingerprint density at radius 2 is 2.07 bits per heavy atom. The molecule has 1 aromatic heterocycles. The van der Waals surface area contributed by atoms with Crippen LogP contribution in [0, 0.1) is 11.3 Å². The lowest BCUT2D eigenvalue weighted by Crippen LogP contribution is -2.51. The van der Waals surface area contributed by atoms with E-state index in [1.807, 2.05) is 35.2 Å². The fourth-order valence-electron chi connectivity index (χ4n) is 4.04. The van der Waals surface area contributed by atoms with E-state index in [4.69, 9.17) is 4.74 Å². The van der Waals surface area contributed by atoms with Crippen LogP contribution < -0.4 is 0 Å². The monoisotopic (exact) mass is 359 g/mol. The van der Waals surface area contributed by atoms with E-state index in [9.17, 15) is 10.1 Å². The second-order valence-corrected chi connectivity index (χ2v) is 7.01. The highest BCUT2D eigenvalue weighted by molar-refractivity contribution is 5.75. The van der Waals surface area contributed by atoms with Crippen LogP contribution in [0.15, 0.2) is 54.7 Å². The summed E-state index contributed by atoms with van der Waals surface area (Å²) < 4.78 is 5.58. The molecule has 5 heteroatoms. The van der Waals surface area contributed by atoms with Crippen molar-refractivity contribution in [2.24, 2.45) is 0 Å². The topological polar surface area (TPSA) is 66.2 Å². The highest BCUT2D eigenvalue weighted by atomic mass is 16.6. The van der Waals surface area contributed by atoms with E-state index in [0.29, 0.717) is 12.0 Å². The van der Waals surface area contributed by atoms with Gasteiger partial charge in [-0.3, -0.25) is 9.88 Å². The summed E-state index contributed by atoms with van der Waals surface area (Å²) in [5, 5.41) is 9.37. The largest absolute Gasteiger partial charge is 0.445 e. The summed E-state index contributed by atoms with van der Waals surface area (Å²) >= 11 is 0. The van der Waals surface area contributed by atoms with Gasteiger partial charge in [-0.25, -0.2) is 4.79 Å². The number of rotatable bonds is 3. The van der Waals surface area contributed by atoms with E-state index in [2.05, 4.69) is 17.1 Å². The molecular weight excluding hydrogens is 338 g/mol. The van der Waals surface area contributed by atoms with Crippen LogP contribution in [0.3, 0.4) is 0 Å². The normalized spacial score (nSPS) is 21.1. The maximum absolute atomic E-state index is 12.8. The zero-order valence-electron chi connectivity index (χ0n) is 15.0. The molecule has 1 fully saturated rings. The number of piperidine rings is 1. The molecule has 1 aromatic carbocycles. The second kappa shape index (κ2) is 7.63. The molecule has 2 unspecified atom stereocenters. The van der Waals surface area contributed by atoms with E-state index in [0.717, 1.165) is 36.1 Å². The van der Waals surface area contributed by atoms with E-state index in [1.165, 1.54) is 0 Å². The van der Waals surface area contributed by atoms with Crippen LogP contribution in [-0.4, -0.2) is 28.1 Å². The average molecular weight is 359 g/mol. The first-order chi connectivity index (χ1) is 13.3. The summed E-state index contributed by atoms with van der Waals surface area (Å²) in [4.78, 5) is 19.1. The first-order valence-electron chi connectivity index (χ1n) is 9.31. The van der Waals surface area contributed by atoms with Crippen LogP contribution in [-0.2, 0) is 11.3 Å².